The maximum absolute atomic E-state index is 11.1. The van der Waals surface area contributed by atoms with Crippen molar-refractivity contribution in [3.63, 3.8) is 0 Å². The van der Waals surface area contributed by atoms with Gasteiger partial charge in [0.15, 0.2) is 0 Å². The van der Waals surface area contributed by atoms with Crippen LogP contribution in [0, 0.1) is 0 Å². The second kappa shape index (κ2) is 4.35. The monoisotopic (exact) mass is 218 g/mol. The zero-order valence-electron chi connectivity index (χ0n) is 9.18. The van der Waals surface area contributed by atoms with Gasteiger partial charge in [-0.15, -0.1) is 0 Å². The molecule has 0 saturated carbocycles. The SMILES string of the molecule is CC1=CCN(c2cnccc2C(=O)O)CC1. The van der Waals surface area contributed by atoms with E-state index in [4.69, 9.17) is 5.11 Å². The van der Waals surface area contributed by atoms with Crippen LogP contribution < -0.4 is 4.90 Å². The molecule has 84 valence electrons. The maximum atomic E-state index is 11.1. The molecule has 0 aliphatic carbocycles. The lowest BCUT2D eigenvalue weighted by Gasteiger charge is -2.28. The molecule has 1 N–H and O–H groups in total. The molecule has 0 spiro atoms. The van der Waals surface area contributed by atoms with Crippen molar-refractivity contribution in [2.24, 2.45) is 0 Å². The van der Waals surface area contributed by atoms with Crippen LogP contribution in [0.2, 0.25) is 0 Å². The Labute approximate surface area is 94.2 Å². The van der Waals surface area contributed by atoms with Crippen LogP contribution in [0.1, 0.15) is 23.7 Å². The maximum Gasteiger partial charge on any atom is 0.337 e. The number of carboxylic acid groups (broad SMARTS) is 1. The largest absolute Gasteiger partial charge is 0.478 e. The van der Waals surface area contributed by atoms with Crippen LogP contribution in [-0.2, 0) is 0 Å². The first-order valence-corrected chi connectivity index (χ1v) is 5.26. The highest BCUT2D eigenvalue weighted by molar-refractivity contribution is 5.94. The van der Waals surface area contributed by atoms with E-state index < -0.39 is 5.97 Å². The number of hydrogen-bond donors (Lipinski definition) is 1. The molecule has 0 saturated heterocycles. The summed E-state index contributed by atoms with van der Waals surface area (Å²) in [6.45, 7) is 3.71. The van der Waals surface area contributed by atoms with Gasteiger partial charge in [-0.2, -0.15) is 0 Å². The van der Waals surface area contributed by atoms with Gasteiger partial charge >= 0.3 is 5.97 Å². The van der Waals surface area contributed by atoms with Gasteiger partial charge in [0.1, 0.15) is 0 Å². The minimum atomic E-state index is -0.899. The fourth-order valence-electron chi connectivity index (χ4n) is 1.81. The molecule has 0 unspecified atom stereocenters. The highest BCUT2D eigenvalue weighted by atomic mass is 16.4. The summed E-state index contributed by atoms with van der Waals surface area (Å²) in [5.74, 6) is -0.899. The number of carboxylic acids is 1. The molecule has 0 bridgehead atoms. The minimum absolute atomic E-state index is 0.322. The molecule has 0 aromatic carbocycles. The Balaban J connectivity index is 2.30. The average molecular weight is 218 g/mol. The van der Waals surface area contributed by atoms with Crippen molar-refractivity contribution in [2.45, 2.75) is 13.3 Å². The van der Waals surface area contributed by atoms with Gasteiger partial charge in [-0.1, -0.05) is 11.6 Å². The van der Waals surface area contributed by atoms with Gasteiger partial charge in [-0.25, -0.2) is 4.79 Å². The van der Waals surface area contributed by atoms with E-state index >= 15 is 0 Å². The third-order valence-corrected chi connectivity index (χ3v) is 2.81. The Morgan fingerprint density at radius 3 is 3.00 bits per heavy atom. The van der Waals surface area contributed by atoms with Crippen molar-refractivity contribution >= 4 is 11.7 Å². The highest BCUT2D eigenvalue weighted by Gasteiger charge is 2.17. The molecule has 0 amide bonds. The molecule has 2 heterocycles. The molecule has 4 heteroatoms. The summed E-state index contributed by atoms with van der Waals surface area (Å²) in [4.78, 5) is 17.1. The third-order valence-electron chi connectivity index (χ3n) is 2.81. The van der Waals surface area contributed by atoms with Crippen LogP contribution >= 0.6 is 0 Å². The summed E-state index contributed by atoms with van der Waals surface area (Å²) in [5.41, 5.74) is 2.39. The van der Waals surface area contributed by atoms with E-state index in [0.29, 0.717) is 11.3 Å². The molecule has 0 fully saturated rings. The van der Waals surface area contributed by atoms with Crippen LogP contribution in [0.4, 0.5) is 5.69 Å². The van der Waals surface area contributed by atoms with E-state index in [0.717, 1.165) is 19.5 Å². The van der Waals surface area contributed by atoms with Crippen LogP contribution in [0.5, 0.6) is 0 Å². The van der Waals surface area contributed by atoms with Gasteiger partial charge in [0.05, 0.1) is 17.4 Å². The minimum Gasteiger partial charge on any atom is -0.478 e. The number of carbonyl (C=O) groups is 1. The number of pyridine rings is 1. The summed E-state index contributed by atoms with van der Waals surface area (Å²) in [6, 6.07) is 1.54. The second-order valence-electron chi connectivity index (χ2n) is 3.94. The average Bonchev–Trinajstić information content (AvgIpc) is 2.30. The Bertz CT molecular complexity index is 440. The van der Waals surface area contributed by atoms with Crippen LogP contribution in [0.15, 0.2) is 30.1 Å². The summed E-state index contributed by atoms with van der Waals surface area (Å²) < 4.78 is 0. The first kappa shape index (κ1) is 10.7. The molecule has 16 heavy (non-hydrogen) atoms. The van der Waals surface area contributed by atoms with Crippen molar-refractivity contribution < 1.29 is 9.90 Å². The number of rotatable bonds is 2. The van der Waals surface area contributed by atoms with Gasteiger partial charge in [-0.05, 0) is 19.4 Å². The standard InChI is InChI=1S/C12H14N2O2/c1-9-3-6-14(7-4-9)11-8-13-5-2-10(11)12(15)16/h2-3,5,8H,4,6-7H2,1H3,(H,15,16). The highest BCUT2D eigenvalue weighted by Crippen LogP contribution is 2.22. The fraction of sp³-hybridized carbons (Fsp3) is 0.333. The molecule has 1 aliphatic rings. The number of aromatic carboxylic acids is 1. The van der Waals surface area contributed by atoms with E-state index in [9.17, 15) is 4.79 Å². The molecule has 0 radical (unpaired) electrons. The Hall–Kier alpha value is -1.84. The molecule has 4 nitrogen and oxygen atoms in total. The Morgan fingerprint density at radius 1 is 1.56 bits per heavy atom. The van der Waals surface area contributed by atoms with E-state index in [1.807, 2.05) is 4.90 Å². The summed E-state index contributed by atoms with van der Waals surface area (Å²) >= 11 is 0. The normalized spacial score (nSPS) is 15.8. The quantitative estimate of drug-likeness (QED) is 0.771. The third kappa shape index (κ3) is 2.05. The van der Waals surface area contributed by atoms with Crippen LogP contribution in [0.3, 0.4) is 0 Å². The first-order valence-electron chi connectivity index (χ1n) is 5.26. The van der Waals surface area contributed by atoms with Crippen LogP contribution in [-0.4, -0.2) is 29.1 Å². The molecule has 1 aromatic heterocycles. The number of aromatic nitrogens is 1. The van der Waals surface area contributed by atoms with Gasteiger partial charge in [-0.3, -0.25) is 4.98 Å². The van der Waals surface area contributed by atoms with E-state index in [1.54, 1.807) is 12.3 Å². The van der Waals surface area contributed by atoms with Crippen molar-refractivity contribution in [2.75, 3.05) is 18.0 Å². The summed E-state index contributed by atoms with van der Waals surface area (Å²) in [7, 11) is 0. The lowest BCUT2D eigenvalue weighted by atomic mass is 10.1. The zero-order valence-corrected chi connectivity index (χ0v) is 9.18. The number of hydrogen-bond acceptors (Lipinski definition) is 3. The van der Waals surface area contributed by atoms with Crippen molar-refractivity contribution in [3.8, 4) is 0 Å². The fourth-order valence-corrected chi connectivity index (χ4v) is 1.81. The van der Waals surface area contributed by atoms with Crippen molar-refractivity contribution in [1.82, 2.24) is 4.98 Å². The number of anilines is 1. The second-order valence-corrected chi connectivity index (χ2v) is 3.94. The molecule has 1 aromatic rings. The van der Waals surface area contributed by atoms with E-state index in [-0.39, 0.29) is 0 Å². The van der Waals surface area contributed by atoms with Crippen molar-refractivity contribution in [1.29, 1.82) is 0 Å². The molecule has 1 aliphatic heterocycles. The van der Waals surface area contributed by atoms with Gasteiger partial charge in [0, 0.05) is 19.3 Å². The lowest BCUT2D eigenvalue weighted by Crippen LogP contribution is -2.29. The van der Waals surface area contributed by atoms with Gasteiger partial charge in [0.25, 0.3) is 0 Å². The molecule has 2 rings (SSSR count). The molecular formula is C12H14N2O2. The molecule has 0 atom stereocenters. The summed E-state index contributed by atoms with van der Waals surface area (Å²) in [5, 5.41) is 9.08. The number of nitrogens with zero attached hydrogens (tertiary/aromatic N) is 2. The van der Waals surface area contributed by atoms with Crippen LogP contribution in [0.25, 0.3) is 0 Å². The smallest absolute Gasteiger partial charge is 0.337 e. The topological polar surface area (TPSA) is 53.4 Å². The van der Waals surface area contributed by atoms with E-state index in [2.05, 4.69) is 18.0 Å². The summed E-state index contributed by atoms with van der Waals surface area (Å²) in [6.07, 6.45) is 6.24. The van der Waals surface area contributed by atoms with Gasteiger partial charge in [0.2, 0.25) is 0 Å². The Morgan fingerprint density at radius 2 is 2.38 bits per heavy atom. The molecular weight excluding hydrogens is 204 g/mol. The van der Waals surface area contributed by atoms with Crippen molar-refractivity contribution in [3.05, 3.63) is 35.7 Å². The predicted octanol–water partition coefficient (Wildman–Crippen LogP) is 1.94. The van der Waals surface area contributed by atoms with Gasteiger partial charge < -0.3 is 10.0 Å². The lowest BCUT2D eigenvalue weighted by molar-refractivity contribution is 0.0697. The predicted molar refractivity (Wildman–Crippen MR) is 61.8 cm³/mol. The first-order chi connectivity index (χ1) is 7.68. The van der Waals surface area contributed by atoms with E-state index in [1.165, 1.54) is 11.8 Å². The Kier molecular flexibility index (Phi) is 2.90. The zero-order chi connectivity index (χ0) is 11.5.